The molecular formula is C15H15N3O4S. The summed E-state index contributed by atoms with van der Waals surface area (Å²) in [6.07, 6.45) is 0.832. The van der Waals surface area contributed by atoms with E-state index >= 15 is 0 Å². The first-order chi connectivity index (χ1) is 11.2. The molecule has 7 nitrogen and oxygen atoms in total. The zero-order valence-electron chi connectivity index (χ0n) is 12.1. The summed E-state index contributed by atoms with van der Waals surface area (Å²) in [7, 11) is 0. The van der Waals surface area contributed by atoms with Gasteiger partial charge in [0.1, 0.15) is 12.4 Å². The summed E-state index contributed by atoms with van der Waals surface area (Å²) in [6, 6.07) is 10.8. The zero-order valence-corrected chi connectivity index (χ0v) is 12.9. The minimum atomic E-state index is -0.745. The lowest BCUT2D eigenvalue weighted by atomic mass is 10.2. The average Bonchev–Trinajstić information content (AvgIpc) is 3.11. The summed E-state index contributed by atoms with van der Waals surface area (Å²) >= 11 is 5.06. The predicted molar refractivity (Wildman–Crippen MR) is 85.8 cm³/mol. The Morgan fingerprint density at radius 2 is 2.00 bits per heavy atom. The van der Waals surface area contributed by atoms with Crippen LogP contribution < -0.4 is 25.6 Å². The fourth-order valence-corrected chi connectivity index (χ4v) is 2.10. The number of carbonyl (C=O) groups excluding carboxylic acids is 1. The van der Waals surface area contributed by atoms with Gasteiger partial charge >= 0.3 is 0 Å². The number of hydrogen-bond donors (Lipinski definition) is 3. The van der Waals surface area contributed by atoms with Gasteiger partial charge in [0.05, 0.1) is 12.8 Å². The Bertz CT molecular complexity index is 690. The van der Waals surface area contributed by atoms with Crippen molar-refractivity contribution in [2.45, 2.75) is 12.6 Å². The van der Waals surface area contributed by atoms with Crippen molar-refractivity contribution in [1.29, 1.82) is 0 Å². The van der Waals surface area contributed by atoms with Crippen LogP contribution in [0.15, 0.2) is 47.1 Å². The molecule has 0 unspecified atom stereocenters. The highest BCUT2D eigenvalue weighted by Crippen LogP contribution is 2.30. The quantitative estimate of drug-likeness (QED) is 0.573. The fourth-order valence-electron chi connectivity index (χ4n) is 1.97. The van der Waals surface area contributed by atoms with Crippen molar-refractivity contribution in [1.82, 2.24) is 16.2 Å². The van der Waals surface area contributed by atoms with E-state index in [1.54, 1.807) is 24.5 Å². The number of para-hydroxylation sites is 2. The van der Waals surface area contributed by atoms with Crippen molar-refractivity contribution in [3.63, 3.8) is 0 Å². The second-order valence-corrected chi connectivity index (χ2v) is 5.15. The number of hydrogen-bond acceptors (Lipinski definition) is 5. The molecule has 0 saturated heterocycles. The van der Waals surface area contributed by atoms with Gasteiger partial charge in [-0.1, -0.05) is 12.1 Å². The highest BCUT2D eigenvalue weighted by molar-refractivity contribution is 7.80. The molecule has 0 spiro atoms. The molecule has 0 bridgehead atoms. The van der Waals surface area contributed by atoms with E-state index in [-0.39, 0.29) is 17.6 Å². The maximum absolute atomic E-state index is 12.1. The number of furan rings is 1. The first kappa shape index (κ1) is 15.2. The molecule has 3 N–H and O–H groups in total. The monoisotopic (exact) mass is 333 g/mol. The van der Waals surface area contributed by atoms with Gasteiger partial charge in [-0.05, 0) is 36.5 Å². The molecule has 8 heteroatoms. The SMILES string of the molecule is O=C(NNC(=S)NCc1ccco1)[C@@H]1COc2ccccc2O1. The number of amides is 1. The number of carbonyl (C=O) groups is 1. The summed E-state index contributed by atoms with van der Waals surface area (Å²) in [5.41, 5.74) is 5.09. The van der Waals surface area contributed by atoms with E-state index in [4.69, 9.17) is 26.1 Å². The number of ether oxygens (including phenoxy) is 2. The molecule has 1 aliphatic rings. The Balaban J connectivity index is 1.44. The smallest absolute Gasteiger partial charge is 0.283 e. The topological polar surface area (TPSA) is 84.8 Å². The van der Waals surface area contributed by atoms with Gasteiger partial charge in [0.2, 0.25) is 6.10 Å². The molecule has 3 rings (SSSR count). The second kappa shape index (κ2) is 7.01. The van der Waals surface area contributed by atoms with Crippen LogP contribution in [-0.4, -0.2) is 23.7 Å². The molecule has 1 aliphatic heterocycles. The minimum absolute atomic E-state index is 0.136. The number of benzene rings is 1. The maximum atomic E-state index is 12.1. The lowest BCUT2D eigenvalue weighted by molar-refractivity contribution is -0.130. The third-order valence-corrected chi connectivity index (χ3v) is 3.35. The maximum Gasteiger partial charge on any atom is 0.283 e. The standard InChI is InChI=1S/C15H15N3O4S/c19-14(13-9-21-11-5-1-2-6-12(11)22-13)17-18-15(23)16-8-10-4-3-7-20-10/h1-7,13H,8-9H2,(H,17,19)(H2,16,18,23)/t13-/m0/s1. The number of fused-ring (bicyclic) bond motifs is 1. The van der Waals surface area contributed by atoms with E-state index < -0.39 is 6.10 Å². The van der Waals surface area contributed by atoms with E-state index in [1.165, 1.54) is 0 Å². The molecule has 0 aliphatic carbocycles. The molecule has 1 aromatic heterocycles. The number of nitrogens with one attached hydrogen (secondary N) is 3. The molecule has 0 fully saturated rings. The Morgan fingerprint density at radius 1 is 1.17 bits per heavy atom. The summed E-state index contributed by atoms with van der Waals surface area (Å²) in [5, 5.41) is 3.17. The molecule has 0 radical (unpaired) electrons. The molecule has 1 amide bonds. The van der Waals surface area contributed by atoms with Crippen molar-refractivity contribution in [2.24, 2.45) is 0 Å². The van der Waals surface area contributed by atoms with Gasteiger partial charge in [-0.3, -0.25) is 15.6 Å². The zero-order chi connectivity index (χ0) is 16.1. The van der Waals surface area contributed by atoms with Gasteiger partial charge in [-0.15, -0.1) is 0 Å². The third kappa shape index (κ3) is 3.92. The summed E-state index contributed by atoms with van der Waals surface area (Å²) in [6.45, 7) is 0.558. The molecule has 1 atom stereocenters. The highest BCUT2D eigenvalue weighted by atomic mass is 32.1. The van der Waals surface area contributed by atoms with E-state index in [0.717, 1.165) is 5.76 Å². The Kier molecular flexibility index (Phi) is 4.62. The number of rotatable bonds is 3. The highest BCUT2D eigenvalue weighted by Gasteiger charge is 2.27. The van der Waals surface area contributed by atoms with Crippen molar-refractivity contribution in [2.75, 3.05) is 6.61 Å². The van der Waals surface area contributed by atoms with Crippen LogP contribution in [0.4, 0.5) is 0 Å². The van der Waals surface area contributed by atoms with Gasteiger partial charge in [-0.25, -0.2) is 0 Å². The van der Waals surface area contributed by atoms with Crippen molar-refractivity contribution in [3.8, 4) is 11.5 Å². The van der Waals surface area contributed by atoms with Crippen molar-refractivity contribution >= 4 is 23.2 Å². The third-order valence-electron chi connectivity index (χ3n) is 3.10. The molecule has 1 aromatic carbocycles. The number of thiocarbonyl (C=S) groups is 1. The van der Waals surface area contributed by atoms with Crippen LogP contribution in [0, 0.1) is 0 Å². The van der Waals surface area contributed by atoms with E-state index in [2.05, 4.69) is 16.2 Å². The van der Waals surface area contributed by atoms with Crippen LogP contribution in [0.3, 0.4) is 0 Å². The van der Waals surface area contributed by atoms with E-state index in [9.17, 15) is 4.79 Å². The average molecular weight is 333 g/mol. The van der Waals surface area contributed by atoms with E-state index in [0.29, 0.717) is 18.0 Å². The predicted octanol–water partition coefficient (Wildman–Crippen LogP) is 1.11. The first-order valence-corrected chi connectivity index (χ1v) is 7.38. The normalized spacial score (nSPS) is 15.6. The van der Waals surface area contributed by atoms with E-state index in [1.807, 2.05) is 18.2 Å². The van der Waals surface area contributed by atoms with Gasteiger partial charge in [-0.2, -0.15) is 0 Å². The van der Waals surface area contributed by atoms with Crippen molar-refractivity contribution < 1.29 is 18.7 Å². The van der Waals surface area contributed by atoms with Crippen LogP contribution in [-0.2, 0) is 11.3 Å². The lowest BCUT2D eigenvalue weighted by Gasteiger charge is -2.25. The Hall–Kier alpha value is -2.74. The van der Waals surface area contributed by atoms with Gasteiger partial charge in [0.15, 0.2) is 16.6 Å². The van der Waals surface area contributed by atoms with Crippen LogP contribution >= 0.6 is 12.2 Å². The summed E-state index contributed by atoms with van der Waals surface area (Å²) in [5.74, 6) is 1.53. The first-order valence-electron chi connectivity index (χ1n) is 6.97. The molecule has 2 heterocycles. The fraction of sp³-hybridized carbons (Fsp3) is 0.200. The molecule has 0 saturated carbocycles. The molecule has 120 valence electrons. The Morgan fingerprint density at radius 3 is 2.78 bits per heavy atom. The Labute approximate surface area is 137 Å². The largest absolute Gasteiger partial charge is 0.485 e. The number of hydrazine groups is 1. The van der Waals surface area contributed by atoms with Crippen molar-refractivity contribution in [3.05, 3.63) is 48.4 Å². The molecule has 2 aromatic rings. The summed E-state index contributed by atoms with van der Waals surface area (Å²) < 4.78 is 16.2. The molecular weight excluding hydrogens is 318 g/mol. The minimum Gasteiger partial charge on any atom is -0.485 e. The second-order valence-electron chi connectivity index (χ2n) is 4.74. The molecule has 23 heavy (non-hydrogen) atoms. The van der Waals surface area contributed by atoms with Crippen LogP contribution in [0.5, 0.6) is 11.5 Å². The van der Waals surface area contributed by atoms with Crippen LogP contribution in [0.1, 0.15) is 5.76 Å². The van der Waals surface area contributed by atoms with Crippen LogP contribution in [0.25, 0.3) is 0 Å². The van der Waals surface area contributed by atoms with Gasteiger partial charge in [0, 0.05) is 0 Å². The summed E-state index contributed by atoms with van der Waals surface area (Å²) in [4.78, 5) is 12.1. The lowest BCUT2D eigenvalue weighted by Crippen LogP contribution is -2.53. The van der Waals surface area contributed by atoms with Crippen LogP contribution in [0.2, 0.25) is 0 Å². The van der Waals surface area contributed by atoms with Gasteiger partial charge < -0.3 is 19.2 Å². The van der Waals surface area contributed by atoms with Gasteiger partial charge in [0.25, 0.3) is 5.91 Å².